The molecule has 0 saturated carbocycles. The summed E-state index contributed by atoms with van der Waals surface area (Å²) >= 11 is 0. The average molecular weight is 345 g/mol. The lowest BCUT2D eigenvalue weighted by Crippen LogP contribution is -2.28. The minimum atomic E-state index is -0.739. The van der Waals surface area contributed by atoms with E-state index in [9.17, 15) is 9.90 Å². The van der Waals surface area contributed by atoms with Gasteiger partial charge in [-0.2, -0.15) is 5.10 Å². The van der Waals surface area contributed by atoms with Crippen molar-refractivity contribution in [2.75, 3.05) is 6.54 Å². The second-order valence-corrected chi connectivity index (χ2v) is 6.43. The highest BCUT2D eigenvalue weighted by Crippen LogP contribution is 2.18. The molecule has 1 heterocycles. The fourth-order valence-electron chi connectivity index (χ4n) is 2.50. The number of carbonyl (C=O) groups is 1. The van der Waals surface area contributed by atoms with E-state index in [4.69, 9.17) is 4.74 Å². The molecule has 136 valence electrons. The molecule has 0 spiro atoms. The van der Waals surface area contributed by atoms with E-state index >= 15 is 0 Å². The maximum Gasteiger partial charge on any atom is 0.220 e. The van der Waals surface area contributed by atoms with Crippen molar-refractivity contribution in [3.05, 3.63) is 47.3 Å². The van der Waals surface area contributed by atoms with Gasteiger partial charge in [-0.05, 0) is 50.5 Å². The largest absolute Gasteiger partial charge is 0.491 e. The minimum absolute atomic E-state index is 0.0814. The number of hydrogen-bond donors (Lipinski definition) is 2. The molecular weight excluding hydrogens is 318 g/mol. The number of aromatic nitrogens is 2. The van der Waals surface area contributed by atoms with Crippen LogP contribution in [0.5, 0.6) is 5.75 Å². The smallest absolute Gasteiger partial charge is 0.220 e. The first-order valence-corrected chi connectivity index (χ1v) is 8.55. The van der Waals surface area contributed by atoms with Crippen LogP contribution < -0.4 is 10.1 Å². The zero-order chi connectivity index (χ0) is 18.4. The van der Waals surface area contributed by atoms with Gasteiger partial charge in [-0.25, -0.2) is 0 Å². The van der Waals surface area contributed by atoms with Crippen molar-refractivity contribution < 1.29 is 14.6 Å². The van der Waals surface area contributed by atoms with Crippen LogP contribution in [0, 0.1) is 6.92 Å². The quantitative estimate of drug-likeness (QED) is 0.770. The van der Waals surface area contributed by atoms with Crippen LogP contribution in [-0.2, 0) is 18.3 Å². The maximum atomic E-state index is 12.0. The van der Waals surface area contributed by atoms with Gasteiger partial charge in [0.15, 0.2) is 0 Å². The number of nitrogens with one attached hydrogen (secondary N) is 1. The molecule has 0 radical (unpaired) electrons. The summed E-state index contributed by atoms with van der Waals surface area (Å²) in [5, 5.41) is 17.2. The van der Waals surface area contributed by atoms with Crippen LogP contribution in [0.25, 0.3) is 0 Å². The van der Waals surface area contributed by atoms with E-state index < -0.39 is 6.10 Å². The molecule has 1 aromatic carbocycles. The zero-order valence-corrected chi connectivity index (χ0v) is 15.3. The van der Waals surface area contributed by atoms with Crippen LogP contribution in [0.1, 0.15) is 43.2 Å². The molecule has 2 aromatic rings. The highest BCUT2D eigenvalue weighted by molar-refractivity contribution is 5.76. The Kier molecular flexibility index (Phi) is 6.58. The molecule has 2 rings (SSSR count). The number of ether oxygens (including phenoxy) is 1. The molecular formula is C19H27N3O3. The average Bonchev–Trinajstić information content (AvgIpc) is 2.89. The molecule has 6 heteroatoms. The predicted octanol–water partition coefficient (Wildman–Crippen LogP) is 2.30. The van der Waals surface area contributed by atoms with E-state index in [2.05, 4.69) is 10.4 Å². The summed E-state index contributed by atoms with van der Waals surface area (Å²) in [4.78, 5) is 12.0. The second kappa shape index (κ2) is 8.67. The summed E-state index contributed by atoms with van der Waals surface area (Å²) in [5.41, 5.74) is 2.88. The van der Waals surface area contributed by atoms with Gasteiger partial charge in [0.05, 0.1) is 18.4 Å². The summed E-state index contributed by atoms with van der Waals surface area (Å²) in [6, 6.07) is 7.28. The monoisotopic (exact) mass is 345 g/mol. The highest BCUT2D eigenvalue weighted by Gasteiger charge is 2.11. The summed E-state index contributed by atoms with van der Waals surface area (Å²) in [5.74, 6) is 0.684. The number of hydrogen-bond acceptors (Lipinski definition) is 4. The zero-order valence-electron chi connectivity index (χ0n) is 15.3. The van der Waals surface area contributed by atoms with Gasteiger partial charge >= 0.3 is 0 Å². The molecule has 25 heavy (non-hydrogen) atoms. The second-order valence-electron chi connectivity index (χ2n) is 6.43. The molecule has 1 atom stereocenters. The SMILES string of the molecule is Cc1c(CCC(=O)NCC(O)c2ccc(OC(C)C)cc2)cnn1C. The van der Waals surface area contributed by atoms with Crippen molar-refractivity contribution in [2.24, 2.45) is 7.05 Å². The topological polar surface area (TPSA) is 76.4 Å². The number of aliphatic hydroxyl groups excluding tert-OH is 1. The first-order chi connectivity index (χ1) is 11.9. The van der Waals surface area contributed by atoms with Crippen molar-refractivity contribution in [2.45, 2.75) is 45.8 Å². The van der Waals surface area contributed by atoms with Gasteiger partial charge in [-0.1, -0.05) is 12.1 Å². The molecule has 0 bridgehead atoms. The van der Waals surface area contributed by atoms with Crippen LogP contribution in [0.2, 0.25) is 0 Å². The van der Waals surface area contributed by atoms with Crippen LogP contribution in [-0.4, -0.2) is 33.4 Å². The van der Waals surface area contributed by atoms with Gasteiger partial charge in [0.1, 0.15) is 5.75 Å². The molecule has 2 N–H and O–H groups in total. The Morgan fingerprint density at radius 2 is 2.00 bits per heavy atom. The van der Waals surface area contributed by atoms with Crippen molar-refractivity contribution in [3.63, 3.8) is 0 Å². The third-order valence-electron chi connectivity index (χ3n) is 4.09. The fraction of sp³-hybridized carbons (Fsp3) is 0.474. The van der Waals surface area contributed by atoms with Crippen LogP contribution in [0.3, 0.4) is 0 Å². The summed E-state index contributed by atoms with van der Waals surface area (Å²) < 4.78 is 7.37. The van der Waals surface area contributed by atoms with Crippen molar-refractivity contribution in [3.8, 4) is 5.75 Å². The maximum absolute atomic E-state index is 12.0. The predicted molar refractivity (Wildman–Crippen MR) is 96.4 cm³/mol. The molecule has 6 nitrogen and oxygen atoms in total. The normalized spacial score (nSPS) is 12.2. The molecule has 0 aliphatic heterocycles. The van der Waals surface area contributed by atoms with Crippen LogP contribution >= 0.6 is 0 Å². The van der Waals surface area contributed by atoms with Crippen molar-refractivity contribution in [1.82, 2.24) is 15.1 Å². The van der Waals surface area contributed by atoms with Gasteiger partial charge in [-0.15, -0.1) is 0 Å². The lowest BCUT2D eigenvalue weighted by molar-refractivity contribution is -0.121. The Labute approximate surface area is 148 Å². The highest BCUT2D eigenvalue weighted by atomic mass is 16.5. The summed E-state index contributed by atoms with van der Waals surface area (Å²) in [7, 11) is 1.88. The third kappa shape index (κ3) is 5.60. The molecule has 1 unspecified atom stereocenters. The lowest BCUT2D eigenvalue weighted by Gasteiger charge is -2.14. The standard InChI is InChI=1S/C19H27N3O3/c1-13(2)25-17-8-5-15(6-9-17)18(23)12-20-19(24)10-7-16-11-21-22(4)14(16)3/h5-6,8-9,11,13,18,23H,7,10,12H2,1-4H3,(H,20,24). The summed E-state index contributed by atoms with van der Waals surface area (Å²) in [6.07, 6.45) is 2.18. The molecule has 0 aliphatic carbocycles. The number of aliphatic hydroxyl groups is 1. The first-order valence-electron chi connectivity index (χ1n) is 8.55. The molecule has 0 fully saturated rings. The Hall–Kier alpha value is -2.34. The molecule has 0 aliphatic rings. The Bertz CT molecular complexity index is 692. The van der Waals surface area contributed by atoms with E-state index in [-0.39, 0.29) is 18.6 Å². The number of benzene rings is 1. The number of rotatable bonds is 8. The molecule has 1 aromatic heterocycles. The number of aryl methyl sites for hydroxylation is 2. The fourth-order valence-corrected chi connectivity index (χ4v) is 2.50. The van der Waals surface area contributed by atoms with Gasteiger partial charge < -0.3 is 15.2 Å². The summed E-state index contributed by atoms with van der Waals surface area (Å²) in [6.45, 7) is 6.10. The Morgan fingerprint density at radius 3 is 2.56 bits per heavy atom. The van der Waals surface area contributed by atoms with Crippen LogP contribution in [0.15, 0.2) is 30.5 Å². The number of carbonyl (C=O) groups excluding carboxylic acids is 1. The van der Waals surface area contributed by atoms with Gasteiger partial charge in [-0.3, -0.25) is 9.48 Å². The first kappa shape index (κ1) is 19.0. The van der Waals surface area contributed by atoms with Gasteiger partial charge in [0, 0.05) is 25.7 Å². The van der Waals surface area contributed by atoms with E-state index in [0.29, 0.717) is 12.8 Å². The van der Waals surface area contributed by atoms with Crippen molar-refractivity contribution >= 4 is 5.91 Å². The van der Waals surface area contributed by atoms with E-state index in [0.717, 1.165) is 22.6 Å². The molecule has 1 amide bonds. The lowest BCUT2D eigenvalue weighted by atomic mass is 10.1. The minimum Gasteiger partial charge on any atom is -0.491 e. The van der Waals surface area contributed by atoms with E-state index in [1.165, 1.54) is 0 Å². The van der Waals surface area contributed by atoms with E-state index in [1.54, 1.807) is 10.9 Å². The number of amides is 1. The third-order valence-corrected chi connectivity index (χ3v) is 4.09. The Morgan fingerprint density at radius 1 is 1.32 bits per heavy atom. The Balaban J connectivity index is 1.77. The van der Waals surface area contributed by atoms with E-state index in [1.807, 2.05) is 52.1 Å². The van der Waals surface area contributed by atoms with Crippen molar-refractivity contribution in [1.29, 1.82) is 0 Å². The van der Waals surface area contributed by atoms with Gasteiger partial charge in [0.2, 0.25) is 5.91 Å². The van der Waals surface area contributed by atoms with Gasteiger partial charge in [0.25, 0.3) is 0 Å². The molecule has 0 saturated heterocycles. The van der Waals surface area contributed by atoms with Crippen LogP contribution in [0.4, 0.5) is 0 Å². The number of nitrogens with zero attached hydrogens (tertiary/aromatic N) is 2.